The predicted molar refractivity (Wildman–Crippen MR) is 70.4 cm³/mol. The Kier molecular flexibility index (Phi) is 5.81. The Hall–Kier alpha value is -0.400. The molecule has 8 heteroatoms. The fourth-order valence-corrected chi connectivity index (χ4v) is 3.00. The van der Waals surface area contributed by atoms with Crippen LogP contribution in [-0.2, 0) is 10.0 Å². The van der Waals surface area contributed by atoms with E-state index in [1.807, 2.05) is 6.92 Å². The normalized spacial score (nSPS) is 13.6. The van der Waals surface area contributed by atoms with E-state index in [1.54, 1.807) is 0 Å². The highest BCUT2D eigenvalue weighted by Gasteiger charge is 2.20. The summed E-state index contributed by atoms with van der Waals surface area (Å²) in [6.45, 7) is 1.75. The molecule has 18 heavy (non-hydrogen) atoms. The van der Waals surface area contributed by atoms with Gasteiger partial charge >= 0.3 is 0 Å². The Morgan fingerprint density at radius 3 is 2.67 bits per heavy atom. The first-order valence-corrected chi connectivity index (χ1v) is 7.58. The van der Waals surface area contributed by atoms with Gasteiger partial charge in [-0.2, -0.15) is 0 Å². The van der Waals surface area contributed by atoms with Crippen LogP contribution in [0.15, 0.2) is 17.2 Å². The van der Waals surface area contributed by atoms with Crippen LogP contribution in [0.2, 0.25) is 10.2 Å². The molecule has 1 aromatic heterocycles. The fourth-order valence-electron chi connectivity index (χ4n) is 1.34. The third-order valence-electron chi connectivity index (χ3n) is 2.37. The summed E-state index contributed by atoms with van der Waals surface area (Å²) in [7, 11) is -3.70. The molecule has 0 aliphatic heterocycles. The zero-order valence-electron chi connectivity index (χ0n) is 9.73. The molecule has 0 saturated heterocycles. The summed E-state index contributed by atoms with van der Waals surface area (Å²) in [5.74, 6) is 0. The maximum Gasteiger partial charge on any atom is 0.242 e. The number of nitrogens with one attached hydrogen (secondary N) is 1. The third kappa shape index (κ3) is 4.07. The number of aliphatic hydroxyl groups excluding tert-OH is 1. The molecule has 0 aromatic carbocycles. The van der Waals surface area contributed by atoms with Crippen molar-refractivity contribution in [1.82, 2.24) is 9.71 Å². The molecule has 102 valence electrons. The van der Waals surface area contributed by atoms with Gasteiger partial charge in [-0.15, -0.1) is 0 Å². The summed E-state index contributed by atoms with van der Waals surface area (Å²) in [6.07, 6.45) is 2.07. The molecule has 1 unspecified atom stereocenters. The Morgan fingerprint density at radius 2 is 2.17 bits per heavy atom. The Morgan fingerprint density at radius 1 is 1.50 bits per heavy atom. The zero-order chi connectivity index (χ0) is 13.8. The van der Waals surface area contributed by atoms with Gasteiger partial charge in [-0.05, 0) is 18.9 Å². The molecule has 0 amide bonds. The second-order valence-electron chi connectivity index (χ2n) is 3.68. The molecule has 0 spiro atoms. The van der Waals surface area contributed by atoms with Crippen LogP contribution < -0.4 is 4.72 Å². The van der Waals surface area contributed by atoms with E-state index < -0.39 is 10.0 Å². The average molecular weight is 313 g/mol. The Balaban J connectivity index is 2.95. The van der Waals surface area contributed by atoms with Crippen molar-refractivity contribution in [2.45, 2.75) is 30.7 Å². The van der Waals surface area contributed by atoms with Gasteiger partial charge in [0.1, 0.15) is 10.0 Å². The molecule has 0 saturated carbocycles. The van der Waals surface area contributed by atoms with E-state index in [2.05, 4.69) is 9.71 Å². The van der Waals surface area contributed by atoms with Crippen molar-refractivity contribution in [3.8, 4) is 0 Å². The maximum atomic E-state index is 12.0. The lowest BCUT2D eigenvalue weighted by molar-refractivity contribution is 0.270. The number of nitrogens with zero attached hydrogens (tertiary/aromatic N) is 1. The van der Waals surface area contributed by atoms with Crippen LogP contribution in [0.3, 0.4) is 0 Å². The van der Waals surface area contributed by atoms with E-state index in [0.29, 0.717) is 12.8 Å². The number of aliphatic hydroxyl groups is 1. The van der Waals surface area contributed by atoms with E-state index in [9.17, 15) is 8.42 Å². The number of hydrogen-bond donors (Lipinski definition) is 2. The van der Waals surface area contributed by atoms with E-state index in [4.69, 9.17) is 28.3 Å². The van der Waals surface area contributed by atoms with E-state index in [-0.39, 0.29) is 27.7 Å². The van der Waals surface area contributed by atoms with Gasteiger partial charge in [0.15, 0.2) is 0 Å². The molecular weight excluding hydrogens is 299 g/mol. The van der Waals surface area contributed by atoms with Gasteiger partial charge in [0, 0.05) is 18.8 Å². The molecule has 0 aliphatic rings. The van der Waals surface area contributed by atoms with Gasteiger partial charge in [0.2, 0.25) is 10.0 Å². The number of aromatic nitrogens is 1. The number of hydrogen-bond acceptors (Lipinski definition) is 4. The van der Waals surface area contributed by atoms with Gasteiger partial charge < -0.3 is 5.11 Å². The van der Waals surface area contributed by atoms with Crippen LogP contribution in [0, 0.1) is 0 Å². The first-order chi connectivity index (χ1) is 8.40. The topological polar surface area (TPSA) is 79.3 Å². The van der Waals surface area contributed by atoms with Gasteiger partial charge in [-0.25, -0.2) is 18.1 Å². The molecule has 2 N–H and O–H groups in total. The zero-order valence-corrected chi connectivity index (χ0v) is 12.1. The highest BCUT2D eigenvalue weighted by molar-refractivity contribution is 7.89. The second kappa shape index (κ2) is 6.68. The molecule has 1 rings (SSSR count). The number of rotatable bonds is 6. The lowest BCUT2D eigenvalue weighted by Gasteiger charge is -2.15. The summed E-state index contributed by atoms with van der Waals surface area (Å²) >= 11 is 11.3. The van der Waals surface area contributed by atoms with Crippen molar-refractivity contribution in [3.63, 3.8) is 0 Å². The monoisotopic (exact) mass is 312 g/mol. The molecule has 1 atom stereocenters. The highest BCUT2D eigenvalue weighted by Crippen LogP contribution is 2.22. The predicted octanol–water partition coefficient (Wildman–Crippen LogP) is 1.83. The van der Waals surface area contributed by atoms with Crippen LogP contribution in [0.25, 0.3) is 0 Å². The summed E-state index contributed by atoms with van der Waals surface area (Å²) in [4.78, 5) is 3.64. The first kappa shape index (κ1) is 15.7. The summed E-state index contributed by atoms with van der Waals surface area (Å²) in [6, 6.07) is 0.916. The first-order valence-electron chi connectivity index (χ1n) is 5.35. The van der Waals surface area contributed by atoms with Crippen molar-refractivity contribution in [2.24, 2.45) is 0 Å². The summed E-state index contributed by atoms with van der Waals surface area (Å²) in [5.41, 5.74) is 0. The quantitative estimate of drug-likeness (QED) is 0.785. The number of pyridine rings is 1. The summed E-state index contributed by atoms with van der Waals surface area (Å²) < 4.78 is 26.5. The van der Waals surface area contributed by atoms with Gasteiger partial charge in [0.25, 0.3) is 0 Å². The van der Waals surface area contributed by atoms with Crippen molar-refractivity contribution in [2.75, 3.05) is 6.61 Å². The van der Waals surface area contributed by atoms with Crippen LogP contribution in [-0.4, -0.2) is 31.2 Å². The van der Waals surface area contributed by atoms with Gasteiger partial charge in [-0.3, -0.25) is 0 Å². The van der Waals surface area contributed by atoms with Crippen molar-refractivity contribution < 1.29 is 13.5 Å². The van der Waals surface area contributed by atoms with Crippen molar-refractivity contribution in [1.29, 1.82) is 0 Å². The standard InChI is InChI=1S/C10H14Cl2N2O3S/c1-2-7(3-4-15)14-18(16,17)8-5-9(11)10(12)13-6-8/h5-7,14-15H,2-4H2,1H3. The summed E-state index contributed by atoms with van der Waals surface area (Å²) in [5, 5.41) is 8.96. The third-order valence-corrected chi connectivity index (χ3v) is 4.55. The SMILES string of the molecule is CCC(CCO)NS(=O)(=O)c1cnc(Cl)c(Cl)c1. The molecule has 0 bridgehead atoms. The van der Waals surface area contributed by atoms with E-state index >= 15 is 0 Å². The number of sulfonamides is 1. The lowest BCUT2D eigenvalue weighted by Crippen LogP contribution is -2.35. The van der Waals surface area contributed by atoms with Gasteiger partial charge in [0.05, 0.1) is 5.02 Å². The highest BCUT2D eigenvalue weighted by atomic mass is 35.5. The van der Waals surface area contributed by atoms with Crippen LogP contribution >= 0.6 is 23.2 Å². The Labute approximate surface area is 116 Å². The molecule has 0 fully saturated rings. The van der Waals surface area contributed by atoms with Crippen molar-refractivity contribution >= 4 is 33.2 Å². The smallest absolute Gasteiger partial charge is 0.242 e. The molecule has 1 aromatic rings. The lowest BCUT2D eigenvalue weighted by atomic mass is 10.2. The Bertz CT molecular complexity index is 508. The van der Waals surface area contributed by atoms with E-state index in [0.717, 1.165) is 6.20 Å². The van der Waals surface area contributed by atoms with Crippen molar-refractivity contribution in [3.05, 3.63) is 22.4 Å². The largest absolute Gasteiger partial charge is 0.396 e. The molecular formula is C10H14Cl2N2O3S. The minimum absolute atomic E-state index is 0.0479. The van der Waals surface area contributed by atoms with Crippen LogP contribution in [0.4, 0.5) is 0 Å². The van der Waals surface area contributed by atoms with Crippen LogP contribution in [0.1, 0.15) is 19.8 Å². The fraction of sp³-hybridized carbons (Fsp3) is 0.500. The molecule has 5 nitrogen and oxygen atoms in total. The molecule has 0 radical (unpaired) electrons. The minimum atomic E-state index is -3.70. The van der Waals surface area contributed by atoms with Crippen LogP contribution in [0.5, 0.6) is 0 Å². The van der Waals surface area contributed by atoms with E-state index in [1.165, 1.54) is 6.07 Å². The molecule has 0 aliphatic carbocycles. The minimum Gasteiger partial charge on any atom is -0.396 e. The molecule has 1 heterocycles. The second-order valence-corrected chi connectivity index (χ2v) is 6.16. The number of halogens is 2. The maximum absolute atomic E-state index is 12.0. The average Bonchev–Trinajstić information content (AvgIpc) is 2.31. The van der Waals surface area contributed by atoms with Gasteiger partial charge in [-0.1, -0.05) is 30.1 Å².